The summed E-state index contributed by atoms with van der Waals surface area (Å²) in [6.07, 6.45) is 6.28. The Balaban J connectivity index is 1.36. The molecule has 0 radical (unpaired) electrons. The first-order chi connectivity index (χ1) is 13.6. The molecule has 1 aliphatic rings. The molecule has 2 N–H and O–H groups in total. The standard InChI is InChI=1S/C19H23N7OS/c1-12-11-20-19(28-12)24-17-10-15(22-13(2)23-17)9-14-4-7-26(8-5-14)18(27)16-3-6-21-25-16/h3,6,10-11,14H,4-5,7-9H2,1-2H3,(H,21,25)(H,20,22,23,24). The summed E-state index contributed by atoms with van der Waals surface area (Å²) >= 11 is 1.60. The van der Waals surface area contributed by atoms with Crippen LogP contribution in [0.4, 0.5) is 10.9 Å². The number of hydrogen-bond donors (Lipinski definition) is 2. The zero-order valence-electron chi connectivity index (χ0n) is 16.0. The zero-order valence-corrected chi connectivity index (χ0v) is 16.8. The number of hydrogen-bond acceptors (Lipinski definition) is 7. The van der Waals surface area contributed by atoms with Crippen LogP contribution in [-0.2, 0) is 6.42 Å². The van der Waals surface area contributed by atoms with Crippen molar-refractivity contribution in [1.29, 1.82) is 0 Å². The fourth-order valence-corrected chi connectivity index (χ4v) is 4.17. The third-order valence-electron chi connectivity index (χ3n) is 4.88. The van der Waals surface area contributed by atoms with E-state index in [9.17, 15) is 4.79 Å². The molecule has 0 saturated carbocycles. The molecule has 0 aliphatic carbocycles. The lowest BCUT2D eigenvalue weighted by molar-refractivity contribution is 0.0684. The van der Waals surface area contributed by atoms with Crippen LogP contribution in [0.5, 0.6) is 0 Å². The Kier molecular flexibility index (Phi) is 5.34. The molecule has 28 heavy (non-hydrogen) atoms. The number of thiazole rings is 1. The van der Waals surface area contributed by atoms with Crippen LogP contribution in [0.2, 0.25) is 0 Å². The number of nitrogens with one attached hydrogen (secondary N) is 2. The molecular weight excluding hydrogens is 374 g/mol. The van der Waals surface area contributed by atoms with Gasteiger partial charge in [-0.15, -0.1) is 11.3 Å². The molecule has 1 amide bonds. The summed E-state index contributed by atoms with van der Waals surface area (Å²) in [5.41, 5.74) is 1.58. The number of aryl methyl sites for hydroxylation is 2. The minimum atomic E-state index is 0.0269. The van der Waals surface area contributed by atoms with Crippen molar-refractivity contribution in [3.63, 3.8) is 0 Å². The maximum atomic E-state index is 12.4. The summed E-state index contributed by atoms with van der Waals surface area (Å²) in [5, 5.41) is 10.7. The SMILES string of the molecule is Cc1nc(CC2CCN(C(=O)c3ccn[nH]3)CC2)cc(Nc2ncc(C)s2)n1. The maximum absolute atomic E-state index is 12.4. The van der Waals surface area contributed by atoms with Crippen LogP contribution in [-0.4, -0.2) is 49.0 Å². The smallest absolute Gasteiger partial charge is 0.271 e. The summed E-state index contributed by atoms with van der Waals surface area (Å²) in [7, 11) is 0. The van der Waals surface area contributed by atoms with Gasteiger partial charge in [0.2, 0.25) is 0 Å². The van der Waals surface area contributed by atoms with Gasteiger partial charge in [0.05, 0.1) is 0 Å². The second-order valence-electron chi connectivity index (χ2n) is 7.10. The minimum absolute atomic E-state index is 0.0269. The van der Waals surface area contributed by atoms with Crippen molar-refractivity contribution >= 4 is 28.2 Å². The molecule has 8 nitrogen and oxygen atoms in total. The van der Waals surface area contributed by atoms with Gasteiger partial charge in [-0.3, -0.25) is 9.89 Å². The first kappa shape index (κ1) is 18.5. The lowest BCUT2D eigenvalue weighted by Crippen LogP contribution is -2.39. The zero-order chi connectivity index (χ0) is 19.5. The minimum Gasteiger partial charge on any atom is -0.337 e. The summed E-state index contributed by atoms with van der Waals surface area (Å²) in [5.74, 6) is 2.07. The molecule has 146 valence electrons. The Labute approximate surface area is 167 Å². The molecule has 3 aromatic rings. The predicted molar refractivity (Wildman–Crippen MR) is 108 cm³/mol. The number of aromatic nitrogens is 5. The van der Waals surface area contributed by atoms with Crippen molar-refractivity contribution in [2.75, 3.05) is 18.4 Å². The van der Waals surface area contributed by atoms with Gasteiger partial charge in [0.15, 0.2) is 5.13 Å². The van der Waals surface area contributed by atoms with Gasteiger partial charge in [0.25, 0.3) is 5.91 Å². The third kappa shape index (κ3) is 4.36. The van der Waals surface area contributed by atoms with Crippen LogP contribution in [0.15, 0.2) is 24.5 Å². The first-order valence-electron chi connectivity index (χ1n) is 9.39. The van der Waals surface area contributed by atoms with Gasteiger partial charge in [-0.2, -0.15) is 5.10 Å². The maximum Gasteiger partial charge on any atom is 0.271 e. The topological polar surface area (TPSA) is 99.7 Å². The van der Waals surface area contributed by atoms with Crippen LogP contribution in [0.3, 0.4) is 0 Å². The van der Waals surface area contributed by atoms with E-state index >= 15 is 0 Å². The summed E-state index contributed by atoms with van der Waals surface area (Å²) in [4.78, 5) is 28.9. The van der Waals surface area contributed by atoms with E-state index in [1.807, 2.05) is 31.0 Å². The Morgan fingerprint density at radius 2 is 2.14 bits per heavy atom. The molecule has 1 saturated heterocycles. The number of anilines is 2. The van der Waals surface area contributed by atoms with E-state index in [0.29, 0.717) is 11.6 Å². The lowest BCUT2D eigenvalue weighted by atomic mass is 9.92. The number of aromatic amines is 1. The Hall–Kier alpha value is -2.81. The van der Waals surface area contributed by atoms with E-state index in [2.05, 4.69) is 30.5 Å². The van der Waals surface area contributed by atoms with E-state index in [4.69, 9.17) is 0 Å². The fraction of sp³-hybridized carbons (Fsp3) is 0.421. The van der Waals surface area contributed by atoms with Crippen molar-refractivity contribution in [2.45, 2.75) is 33.1 Å². The second-order valence-corrected chi connectivity index (χ2v) is 8.34. The lowest BCUT2D eigenvalue weighted by Gasteiger charge is -2.31. The molecule has 4 heterocycles. The fourth-order valence-electron chi connectivity index (χ4n) is 3.50. The second kappa shape index (κ2) is 8.05. The number of likely N-dealkylation sites (tertiary alicyclic amines) is 1. The van der Waals surface area contributed by atoms with Crippen LogP contribution < -0.4 is 5.32 Å². The quantitative estimate of drug-likeness (QED) is 0.686. The molecule has 0 aromatic carbocycles. The first-order valence-corrected chi connectivity index (χ1v) is 10.2. The van der Waals surface area contributed by atoms with Gasteiger partial charge in [0, 0.05) is 42.1 Å². The van der Waals surface area contributed by atoms with Crippen LogP contribution in [0.25, 0.3) is 0 Å². The Bertz CT molecular complexity index is 945. The summed E-state index contributed by atoms with van der Waals surface area (Å²) in [6.45, 7) is 5.46. The molecular formula is C19H23N7OS. The van der Waals surface area contributed by atoms with Gasteiger partial charge >= 0.3 is 0 Å². The number of nitrogens with zero attached hydrogens (tertiary/aromatic N) is 5. The summed E-state index contributed by atoms with van der Waals surface area (Å²) < 4.78 is 0. The number of amides is 1. The number of rotatable bonds is 5. The highest BCUT2D eigenvalue weighted by Crippen LogP contribution is 2.25. The number of piperidine rings is 1. The van der Waals surface area contributed by atoms with Gasteiger partial charge in [-0.1, -0.05) is 0 Å². The molecule has 1 aliphatic heterocycles. The average Bonchev–Trinajstić information content (AvgIpc) is 3.33. The van der Waals surface area contributed by atoms with Crippen LogP contribution in [0, 0.1) is 19.8 Å². The highest BCUT2D eigenvalue weighted by Gasteiger charge is 2.25. The largest absolute Gasteiger partial charge is 0.337 e. The molecule has 0 unspecified atom stereocenters. The monoisotopic (exact) mass is 397 g/mol. The molecule has 9 heteroatoms. The molecule has 0 bridgehead atoms. The summed E-state index contributed by atoms with van der Waals surface area (Å²) in [6, 6.07) is 3.72. The molecule has 0 atom stereocenters. The average molecular weight is 398 g/mol. The third-order valence-corrected chi connectivity index (χ3v) is 5.71. The molecule has 3 aromatic heterocycles. The van der Waals surface area contributed by atoms with E-state index in [1.54, 1.807) is 23.6 Å². The van der Waals surface area contributed by atoms with Crippen LogP contribution in [0.1, 0.15) is 39.7 Å². The Morgan fingerprint density at radius 3 is 2.82 bits per heavy atom. The highest BCUT2D eigenvalue weighted by molar-refractivity contribution is 7.15. The van der Waals surface area contributed by atoms with E-state index in [0.717, 1.165) is 59.7 Å². The van der Waals surface area contributed by atoms with Gasteiger partial charge < -0.3 is 10.2 Å². The van der Waals surface area contributed by atoms with Crippen molar-refractivity contribution in [1.82, 2.24) is 30.0 Å². The highest BCUT2D eigenvalue weighted by atomic mass is 32.1. The number of carbonyl (C=O) groups is 1. The van der Waals surface area contributed by atoms with Gasteiger partial charge in [-0.05, 0) is 45.1 Å². The Morgan fingerprint density at radius 1 is 1.32 bits per heavy atom. The predicted octanol–water partition coefficient (Wildman–Crippen LogP) is 3.11. The van der Waals surface area contributed by atoms with Crippen molar-refractivity contribution < 1.29 is 4.79 Å². The van der Waals surface area contributed by atoms with E-state index in [1.165, 1.54) is 0 Å². The van der Waals surface area contributed by atoms with E-state index < -0.39 is 0 Å². The van der Waals surface area contributed by atoms with Gasteiger partial charge in [-0.25, -0.2) is 15.0 Å². The van der Waals surface area contributed by atoms with Crippen molar-refractivity contribution in [3.8, 4) is 0 Å². The number of carbonyl (C=O) groups excluding carboxylic acids is 1. The molecule has 1 fully saturated rings. The number of H-pyrrole nitrogens is 1. The normalized spacial score (nSPS) is 15.0. The molecule has 0 spiro atoms. The van der Waals surface area contributed by atoms with Crippen LogP contribution >= 0.6 is 11.3 Å². The van der Waals surface area contributed by atoms with E-state index in [-0.39, 0.29) is 5.91 Å². The van der Waals surface area contributed by atoms with Gasteiger partial charge in [0.1, 0.15) is 17.3 Å². The molecule has 4 rings (SSSR count). The van der Waals surface area contributed by atoms with Crippen molar-refractivity contribution in [3.05, 3.63) is 46.6 Å². The van der Waals surface area contributed by atoms with Crippen molar-refractivity contribution in [2.24, 2.45) is 5.92 Å².